The highest BCUT2D eigenvalue weighted by Gasteiger charge is 2.29. The van der Waals surface area contributed by atoms with Gasteiger partial charge in [-0.1, -0.05) is 36.4 Å². The molecule has 0 aliphatic carbocycles. The Morgan fingerprint density at radius 2 is 2.05 bits per heavy atom. The Labute approximate surface area is 125 Å². The van der Waals surface area contributed by atoms with Crippen molar-refractivity contribution in [3.63, 3.8) is 0 Å². The van der Waals surface area contributed by atoms with Crippen LogP contribution in [0.1, 0.15) is 25.8 Å². The Hall–Kier alpha value is -2.14. The minimum atomic E-state index is -1.09. The molecular formula is C16H22N2O3. The molecule has 0 radical (unpaired) electrons. The largest absolute Gasteiger partial charge is 0.459 e. The van der Waals surface area contributed by atoms with Gasteiger partial charge >= 0.3 is 5.97 Å². The predicted octanol–water partition coefficient (Wildman–Crippen LogP) is 1.53. The fourth-order valence-electron chi connectivity index (χ4n) is 1.67. The Bertz CT molecular complexity index is 498. The number of carbonyl (C=O) groups is 2. The molecule has 1 rings (SSSR count). The molecule has 5 nitrogen and oxygen atoms in total. The lowest BCUT2D eigenvalue weighted by Crippen LogP contribution is -2.55. The molecule has 0 heterocycles. The molecule has 0 spiro atoms. The number of benzene rings is 1. The summed E-state index contributed by atoms with van der Waals surface area (Å²) in [6.07, 6.45) is 1.89. The van der Waals surface area contributed by atoms with Gasteiger partial charge in [0.2, 0.25) is 5.91 Å². The molecule has 0 unspecified atom stereocenters. The summed E-state index contributed by atoms with van der Waals surface area (Å²) >= 11 is 0. The van der Waals surface area contributed by atoms with E-state index in [0.717, 1.165) is 5.56 Å². The van der Waals surface area contributed by atoms with Crippen molar-refractivity contribution in [1.29, 1.82) is 0 Å². The highest BCUT2D eigenvalue weighted by molar-refractivity contribution is 5.90. The normalized spacial score (nSPS) is 14.6. The molecule has 114 valence electrons. The lowest BCUT2D eigenvalue weighted by Gasteiger charge is -2.24. The number of rotatable bonds is 7. The lowest BCUT2D eigenvalue weighted by molar-refractivity contribution is -0.149. The highest BCUT2D eigenvalue weighted by Crippen LogP contribution is 2.07. The van der Waals surface area contributed by atoms with Crippen LogP contribution in [-0.2, 0) is 20.9 Å². The van der Waals surface area contributed by atoms with E-state index in [2.05, 4.69) is 11.9 Å². The molecular weight excluding hydrogens is 268 g/mol. The van der Waals surface area contributed by atoms with Gasteiger partial charge in [-0.3, -0.25) is 4.79 Å². The summed E-state index contributed by atoms with van der Waals surface area (Å²) in [7, 11) is 0. The molecule has 0 saturated carbocycles. The lowest BCUT2D eigenvalue weighted by atomic mass is 9.98. The average Bonchev–Trinajstić information content (AvgIpc) is 2.45. The number of nitrogens with two attached hydrogens (primary N) is 1. The summed E-state index contributed by atoms with van der Waals surface area (Å²) in [5, 5.41) is 2.55. The third-order valence-corrected chi connectivity index (χ3v) is 3.01. The number of hydrogen-bond donors (Lipinski definition) is 2. The topological polar surface area (TPSA) is 81.4 Å². The zero-order valence-corrected chi connectivity index (χ0v) is 12.5. The van der Waals surface area contributed by atoms with Crippen LogP contribution < -0.4 is 11.1 Å². The molecule has 21 heavy (non-hydrogen) atoms. The predicted molar refractivity (Wildman–Crippen MR) is 81.2 cm³/mol. The quantitative estimate of drug-likeness (QED) is 0.589. The van der Waals surface area contributed by atoms with E-state index in [1.54, 1.807) is 19.9 Å². The maximum Gasteiger partial charge on any atom is 0.328 e. The van der Waals surface area contributed by atoms with Gasteiger partial charge in [0.25, 0.3) is 0 Å². The fourth-order valence-corrected chi connectivity index (χ4v) is 1.67. The van der Waals surface area contributed by atoms with Crippen LogP contribution in [-0.4, -0.2) is 23.5 Å². The van der Waals surface area contributed by atoms with Gasteiger partial charge in [-0.25, -0.2) is 4.79 Å². The first-order chi connectivity index (χ1) is 9.86. The number of esters is 1. The van der Waals surface area contributed by atoms with Crippen LogP contribution in [0.3, 0.4) is 0 Å². The minimum absolute atomic E-state index is 0.173. The van der Waals surface area contributed by atoms with Crippen LogP contribution >= 0.6 is 0 Å². The Balaban J connectivity index is 2.47. The Kier molecular flexibility index (Phi) is 6.11. The number of hydrogen-bond acceptors (Lipinski definition) is 4. The number of amides is 1. The van der Waals surface area contributed by atoms with Crippen LogP contribution in [0, 0.1) is 0 Å². The zero-order valence-electron chi connectivity index (χ0n) is 12.5. The van der Waals surface area contributed by atoms with Crippen molar-refractivity contribution in [3.8, 4) is 0 Å². The number of nitrogens with one attached hydrogen (secondary N) is 1. The van der Waals surface area contributed by atoms with Gasteiger partial charge in [0, 0.05) is 0 Å². The van der Waals surface area contributed by atoms with Gasteiger partial charge in [0.1, 0.15) is 12.6 Å². The molecule has 3 N–H and O–H groups in total. The molecule has 1 amide bonds. The molecule has 0 bridgehead atoms. The van der Waals surface area contributed by atoms with E-state index in [-0.39, 0.29) is 6.61 Å². The van der Waals surface area contributed by atoms with Crippen molar-refractivity contribution in [1.82, 2.24) is 5.32 Å². The minimum Gasteiger partial charge on any atom is -0.459 e. The monoisotopic (exact) mass is 290 g/mol. The van der Waals surface area contributed by atoms with E-state index >= 15 is 0 Å². The van der Waals surface area contributed by atoms with E-state index in [0.29, 0.717) is 6.42 Å². The molecule has 0 saturated heterocycles. The SMILES string of the molecule is C=CC[C@@](C)(N)C(=O)N[C@@H](C)C(=O)OCc1ccccc1. The van der Waals surface area contributed by atoms with Crippen molar-refractivity contribution in [2.45, 2.75) is 38.5 Å². The maximum atomic E-state index is 12.0. The average molecular weight is 290 g/mol. The standard InChI is InChI=1S/C16H22N2O3/c1-4-10-16(3,17)15(20)18-12(2)14(19)21-11-13-8-6-5-7-9-13/h4-9,12H,1,10-11,17H2,2-3H3,(H,18,20)/t12-,16+/m0/s1. The first kappa shape index (κ1) is 16.9. The van der Waals surface area contributed by atoms with Crippen molar-refractivity contribution in [2.75, 3.05) is 0 Å². The first-order valence-electron chi connectivity index (χ1n) is 6.78. The Morgan fingerprint density at radius 1 is 1.43 bits per heavy atom. The van der Waals surface area contributed by atoms with Crippen LogP contribution in [0.4, 0.5) is 0 Å². The summed E-state index contributed by atoms with van der Waals surface area (Å²) in [4.78, 5) is 23.8. The van der Waals surface area contributed by atoms with Crippen molar-refractivity contribution < 1.29 is 14.3 Å². The van der Waals surface area contributed by atoms with Gasteiger partial charge in [-0.05, 0) is 25.8 Å². The van der Waals surface area contributed by atoms with Crippen LogP contribution in [0.5, 0.6) is 0 Å². The van der Waals surface area contributed by atoms with Gasteiger partial charge in [0.05, 0.1) is 5.54 Å². The van der Waals surface area contributed by atoms with Crippen LogP contribution in [0.15, 0.2) is 43.0 Å². The van der Waals surface area contributed by atoms with E-state index in [9.17, 15) is 9.59 Å². The Morgan fingerprint density at radius 3 is 2.62 bits per heavy atom. The molecule has 1 aromatic rings. The molecule has 1 aromatic carbocycles. The van der Waals surface area contributed by atoms with Crippen molar-refractivity contribution in [3.05, 3.63) is 48.6 Å². The third-order valence-electron chi connectivity index (χ3n) is 3.01. The second kappa shape index (κ2) is 7.59. The second-order valence-electron chi connectivity index (χ2n) is 5.20. The molecule has 2 atom stereocenters. The van der Waals surface area contributed by atoms with E-state index in [1.807, 2.05) is 30.3 Å². The van der Waals surface area contributed by atoms with E-state index in [1.165, 1.54) is 0 Å². The molecule has 0 aromatic heterocycles. The summed E-state index contributed by atoms with van der Waals surface area (Å²) in [6.45, 7) is 6.88. The van der Waals surface area contributed by atoms with Crippen LogP contribution in [0.25, 0.3) is 0 Å². The smallest absolute Gasteiger partial charge is 0.328 e. The summed E-state index contributed by atoms with van der Waals surface area (Å²) in [5.41, 5.74) is 5.65. The highest BCUT2D eigenvalue weighted by atomic mass is 16.5. The van der Waals surface area contributed by atoms with Crippen LogP contribution in [0.2, 0.25) is 0 Å². The number of carbonyl (C=O) groups excluding carboxylic acids is 2. The van der Waals surface area contributed by atoms with Crippen molar-refractivity contribution >= 4 is 11.9 Å². The van der Waals surface area contributed by atoms with Gasteiger partial charge in [0.15, 0.2) is 0 Å². The van der Waals surface area contributed by atoms with Gasteiger partial charge < -0.3 is 15.8 Å². The summed E-state index contributed by atoms with van der Waals surface area (Å²) in [5.74, 6) is -0.909. The third kappa shape index (κ3) is 5.39. The molecule has 0 fully saturated rings. The fraction of sp³-hybridized carbons (Fsp3) is 0.375. The molecule has 5 heteroatoms. The van der Waals surface area contributed by atoms with Gasteiger partial charge in [-0.2, -0.15) is 0 Å². The van der Waals surface area contributed by atoms with E-state index < -0.39 is 23.5 Å². The zero-order chi connectivity index (χ0) is 15.9. The molecule has 0 aliphatic heterocycles. The first-order valence-corrected chi connectivity index (χ1v) is 6.78. The summed E-state index contributed by atoms with van der Waals surface area (Å²) < 4.78 is 5.15. The second-order valence-corrected chi connectivity index (χ2v) is 5.20. The maximum absolute atomic E-state index is 12.0. The van der Waals surface area contributed by atoms with Crippen molar-refractivity contribution in [2.24, 2.45) is 5.73 Å². The van der Waals surface area contributed by atoms with Gasteiger partial charge in [-0.15, -0.1) is 6.58 Å². The molecule has 0 aliphatic rings. The number of ether oxygens (including phenoxy) is 1. The summed E-state index contributed by atoms with van der Waals surface area (Å²) in [6, 6.07) is 8.58. The van der Waals surface area contributed by atoms with E-state index in [4.69, 9.17) is 10.5 Å².